The van der Waals surface area contributed by atoms with Crippen LogP contribution < -0.4 is 0 Å². The van der Waals surface area contributed by atoms with Crippen LogP contribution in [-0.4, -0.2) is 96.7 Å². The third-order valence-corrected chi connectivity index (χ3v) is 19.0. The van der Waals surface area contributed by atoms with E-state index in [2.05, 4.69) is 48.5 Å². The zero-order valence-corrected chi connectivity index (χ0v) is 60.4. The molecule has 0 fully saturated rings. The number of carbonyl (C=O) groups excluding carboxylic acids is 4. The molecule has 0 radical (unpaired) electrons. The van der Waals surface area contributed by atoms with Crippen molar-refractivity contribution in [3.63, 3.8) is 0 Å². The molecule has 4 unspecified atom stereocenters. The fraction of sp³-hybridized carbons (Fsp3) is 0.944. The number of rotatable bonds is 69. The fourth-order valence-electron chi connectivity index (χ4n) is 10.7. The number of hydrogen-bond acceptors (Lipinski definition) is 15. The first-order chi connectivity index (χ1) is 43.3. The second-order valence-electron chi connectivity index (χ2n) is 26.6. The summed E-state index contributed by atoms with van der Waals surface area (Å²) in [7, 11) is -9.90. The lowest BCUT2D eigenvalue weighted by molar-refractivity contribution is -0.161. The van der Waals surface area contributed by atoms with Crippen molar-refractivity contribution in [2.75, 3.05) is 39.6 Å². The van der Waals surface area contributed by atoms with Gasteiger partial charge in [0.25, 0.3) is 0 Å². The SMILES string of the molecule is CCCCCCCCCC(=O)OC[C@H](COP(=O)(O)OC[C@H](O)COP(=O)(O)OC[C@@H](COC(=O)CCCCCCCCCCCCC(C)C)OC(=O)CCCCCCCCCCCCCCCCC(C)CC)OC(=O)CCCCCCCCCCC(C)CC. The van der Waals surface area contributed by atoms with Gasteiger partial charge in [-0.3, -0.25) is 37.3 Å². The smallest absolute Gasteiger partial charge is 0.462 e. The van der Waals surface area contributed by atoms with Crippen molar-refractivity contribution >= 4 is 39.5 Å². The molecule has 0 spiro atoms. The highest BCUT2D eigenvalue weighted by atomic mass is 31.2. The second-order valence-corrected chi connectivity index (χ2v) is 29.5. The van der Waals surface area contributed by atoms with Gasteiger partial charge in [0.2, 0.25) is 0 Å². The van der Waals surface area contributed by atoms with Gasteiger partial charge in [0.15, 0.2) is 12.2 Å². The van der Waals surface area contributed by atoms with Crippen molar-refractivity contribution in [3.05, 3.63) is 0 Å². The number of unbranched alkanes of at least 4 members (excludes halogenated alkanes) is 35. The summed E-state index contributed by atoms with van der Waals surface area (Å²) >= 11 is 0. The minimum absolute atomic E-state index is 0.104. The molecule has 19 heteroatoms. The highest BCUT2D eigenvalue weighted by Crippen LogP contribution is 2.45. The minimum atomic E-state index is -4.95. The Morgan fingerprint density at radius 2 is 0.567 bits per heavy atom. The predicted molar refractivity (Wildman–Crippen MR) is 363 cm³/mol. The Hall–Kier alpha value is -1.94. The first-order valence-corrected chi connectivity index (χ1v) is 39.9. The number of aliphatic hydroxyl groups excluding tert-OH is 1. The average Bonchev–Trinajstić information content (AvgIpc) is 3.56. The van der Waals surface area contributed by atoms with E-state index < -0.39 is 97.5 Å². The molecule has 0 amide bonds. The lowest BCUT2D eigenvalue weighted by Gasteiger charge is -2.21. The van der Waals surface area contributed by atoms with Crippen molar-refractivity contribution in [2.45, 2.75) is 375 Å². The quantitative estimate of drug-likeness (QED) is 0.0222. The van der Waals surface area contributed by atoms with Crippen LogP contribution in [0.15, 0.2) is 0 Å². The third kappa shape index (κ3) is 62.2. The lowest BCUT2D eigenvalue weighted by Crippen LogP contribution is -2.30. The molecule has 0 bridgehead atoms. The molecular formula is C71H138O17P2. The summed E-state index contributed by atoms with van der Waals surface area (Å²) in [5, 5.41) is 10.6. The van der Waals surface area contributed by atoms with Gasteiger partial charge < -0.3 is 33.8 Å². The number of phosphoric ester groups is 2. The molecule has 0 aromatic rings. The molecule has 0 heterocycles. The van der Waals surface area contributed by atoms with Crippen LogP contribution in [0.4, 0.5) is 0 Å². The predicted octanol–water partition coefficient (Wildman–Crippen LogP) is 20.2. The lowest BCUT2D eigenvalue weighted by atomic mass is 9.99. The number of carbonyl (C=O) groups is 4. The maximum Gasteiger partial charge on any atom is 0.472 e. The minimum Gasteiger partial charge on any atom is -0.462 e. The number of esters is 4. The Bertz CT molecular complexity index is 1770. The number of hydrogen-bond donors (Lipinski definition) is 3. The van der Waals surface area contributed by atoms with Gasteiger partial charge in [-0.05, 0) is 43.4 Å². The summed E-state index contributed by atoms with van der Waals surface area (Å²) in [5.74, 6) is 0.244. The molecule has 7 atom stereocenters. The normalized spacial score (nSPS) is 14.8. The molecule has 0 saturated carbocycles. The molecule has 0 aromatic carbocycles. The molecule has 0 aliphatic heterocycles. The van der Waals surface area contributed by atoms with Crippen LogP contribution in [0.3, 0.4) is 0 Å². The zero-order chi connectivity index (χ0) is 66.6. The standard InChI is InChI=1S/C71H138O17P2/c1-8-11-12-13-28-38-45-52-68(73)81-58-66(88-71(76)55-48-41-34-27-26-31-37-44-51-64(7)10-3)60-85-89(77,78)83-56-65(72)57-84-90(79,80)86-61-67(59-82-69(74)53-46-39-32-24-21-20-22-29-35-42-49-62(4)5)87-70(75)54-47-40-33-25-19-17-15-14-16-18-23-30-36-43-50-63(6)9-2/h62-67,72H,8-61H2,1-7H3,(H,77,78)(H,79,80)/t63?,64?,65-,66+,67+/m0/s1. The van der Waals surface area contributed by atoms with E-state index in [1.54, 1.807) is 0 Å². The Labute approximate surface area is 549 Å². The summed E-state index contributed by atoms with van der Waals surface area (Å²) in [4.78, 5) is 72.5. The number of phosphoric acid groups is 2. The van der Waals surface area contributed by atoms with E-state index in [1.165, 1.54) is 154 Å². The largest absolute Gasteiger partial charge is 0.472 e. The molecule has 0 saturated heterocycles. The summed E-state index contributed by atoms with van der Waals surface area (Å²) in [5.41, 5.74) is 0. The van der Waals surface area contributed by atoms with Gasteiger partial charge in [0.1, 0.15) is 19.3 Å². The molecule has 0 rings (SSSR count). The van der Waals surface area contributed by atoms with E-state index in [4.69, 9.17) is 37.0 Å². The third-order valence-electron chi connectivity index (χ3n) is 17.1. The van der Waals surface area contributed by atoms with E-state index in [9.17, 15) is 43.2 Å². The van der Waals surface area contributed by atoms with Crippen LogP contribution >= 0.6 is 15.6 Å². The summed E-state index contributed by atoms with van der Waals surface area (Å²) in [6.07, 6.45) is 45.8. The molecular weight excluding hydrogens is 1190 g/mol. The van der Waals surface area contributed by atoms with Crippen molar-refractivity contribution in [1.29, 1.82) is 0 Å². The number of ether oxygens (including phenoxy) is 4. The van der Waals surface area contributed by atoms with Gasteiger partial charge in [-0.15, -0.1) is 0 Å². The Kier molecular flexibility index (Phi) is 60.6. The van der Waals surface area contributed by atoms with Gasteiger partial charge >= 0.3 is 39.5 Å². The summed E-state index contributed by atoms with van der Waals surface area (Å²) in [6.45, 7) is 11.9. The molecule has 0 aliphatic carbocycles. The van der Waals surface area contributed by atoms with E-state index >= 15 is 0 Å². The van der Waals surface area contributed by atoms with Crippen LogP contribution in [0.5, 0.6) is 0 Å². The topological polar surface area (TPSA) is 237 Å². The van der Waals surface area contributed by atoms with Crippen LogP contribution in [0, 0.1) is 17.8 Å². The van der Waals surface area contributed by atoms with E-state index in [1.807, 2.05) is 0 Å². The Balaban J connectivity index is 5.21. The van der Waals surface area contributed by atoms with Crippen molar-refractivity contribution in [1.82, 2.24) is 0 Å². The van der Waals surface area contributed by atoms with Crippen LogP contribution in [0.2, 0.25) is 0 Å². The molecule has 0 aromatic heterocycles. The summed E-state index contributed by atoms with van der Waals surface area (Å²) < 4.78 is 68.2. The molecule has 534 valence electrons. The zero-order valence-electron chi connectivity index (χ0n) is 58.6. The second kappa shape index (κ2) is 61.9. The van der Waals surface area contributed by atoms with Gasteiger partial charge in [-0.25, -0.2) is 9.13 Å². The maximum atomic E-state index is 13.0. The van der Waals surface area contributed by atoms with Crippen molar-refractivity contribution in [2.24, 2.45) is 17.8 Å². The summed E-state index contributed by atoms with van der Waals surface area (Å²) in [6, 6.07) is 0. The molecule has 17 nitrogen and oxygen atoms in total. The maximum absolute atomic E-state index is 13.0. The van der Waals surface area contributed by atoms with Crippen molar-refractivity contribution in [3.8, 4) is 0 Å². The van der Waals surface area contributed by atoms with Crippen LogP contribution in [-0.2, 0) is 65.4 Å². The van der Waals surface area contributed by atoms with E-state index in [0.717, 1.165) is 120 Å². The fourth-order valence-corrected chi connectivity index (χ4v) is 12.2. The van der Waals surface area contributed by atoms with Gasteiger partial charge in [-0.2, -0.15) is 0 Å². The highest BCUT2D eigenvalue weighted by molar-refractivity contribution is 7.47. The van der Waals surface area contributed by atoms with E-state index in [-0.39, 0.29) is 25.7 Å². The molecule has 90 heavy (non-hydrogen) atoms. The number of aliphatic hydroxyl groups is 1. The van der Waals surface area contributed by atoms with E-state index in [0.29, 0.717) is 25.7 Å². The molecule has 0 aliphatic rings. The average molecular weight is 1330 g/mol. The monoisotopic (exact) mass is 1320 g/mol. The Morgan fingerprint density at radius 1 is 0.322 bits per heavy atom. The first kappa shape index (κ1) is 88.1. The van der Waals surface area contributed by atoms with Crippen LogP contribution in [0.1, 0.15) is 357 Å². The highest BCUT2D eigenvalue weighted by Gasteiger charge is 2.30. The van der Waals surface area contributed by atoms with Gasteiger partial charge in [-0.1, -0.05) is 305 Å². The van der Waals surface area contributed by atoms with Gasteiger partial charge in [0, 0.05) is 25.7 Å². The van der Waals surface area contributed by atoms with Crippen molar-refractivity contribution < 1.29 is 80.2 Å². The van der Waals surface area contributed by atoms with Crippen LogP contribution in [0.25, 0.3) is 0 Å². The molecule has 3 N–H and O–H groups in total. The van der Waals surface area contributed by atoms with Gasteiger partial charge in [0.05, 0.1) is 26.4 Å². The Morgan fingerprint density at radius 3 is 0.844 bits per heavy atom. The first-order valence-electron chi connectivity index (χ1n) is 36.9.